The second-order valence-electron chi connectivity index (χ2n) is 2.37. The van der Waals surface area contributed by atoms with Gasteiger partial charge < -0.3 is 16.3 Å². The molecule has 0 aliphatic heterocycles. The van der Waals surface area contributed by atoms with Crippen molar-refractivity contribution in [3.8, 4) is 0 Å². The molecule has 54 valence electrons. The van der Waals surface area contributed by atoms with Gasteiger partial charge in [-0.2, -0.15) is 0 Å². The first-order valence-electron chi connectivity index (χ1n) is 2.24. The Morgan fingerprint density at radius 1 is 1.12 bits per heavy atom. The molecule has 0 rings (SSSR count). The minimum Gasteiger partial charge on any atom is -0.412 e. The fourth-order valence-electron chi connectivity index (χ4n) is 0. The summed E-state index contributed by atoms with van der Waals surface area (Å²) in [4.78, 5) is 0. The highest BCUT2D eigenvalue weighted by atomic mass is 16.2. The van der Waals surface area contributed by atoms with Crippen LogP contribution in [-0.4, -0.2) is 23.2 Å². The molecule has 3 nitrogen and oxygen atoms in total. The van der Waals surface area contributed by atoms with E-state index in [4.69, 9.17) is 10.8 Å². The lowest BCUT2D eigenvalue weighted by Gasteiger charge is -2.06. The predicted molar refractivity (Wildman–Crippen MR) is 35.7 cm³/mol. The molecule has 0 bridgehead atoms. The molecule has 0 unspecified atom stereocenters. The van der Waals surface area contributed by atoms with Crippen LogP contribution in [0.4, 0.5) is 0 Å². The molecule has 0 fully saturated rings. The Kier molecular flexibility index (Phi) is 13.5. The first kappa shape index (κ1) is 15.7. The fraction of sp³-hybridized carbons (Fsp3) is 1.00. The molecule has 0 aliphatic carbocycles. The molecule has 0 aromatic rings. The lowest BCUT2D eigenvalue weighted by Crippen LogP contribution is -2.26. The van der Waals surface area contributed by atoms with Crippen molar-refractivity contribution in [3.63, 3.8) is 0 Å². The van der Waals surface area contributed by atoms with Crippen molar-refractivity contribution in [2.24, 2.45) is 5.73 Å². The minimum atomic E-state index is 0. The van der Waals surface area contributed by atoms with Gasteiger partial charge in [0.15, 0.2) is 0 Å². The van der Waals surface area contributed by atoms with E-state index in [0.29, 0.717) is 0 Å². The van der Waals surface area contributed by atoms with E-state index >= 15 is 0 Å². The molecule has 0 atom stereocenters. The molecule has 0 saturated carbocycles. The Balaban J connectivity index is -0.0000000750. The maximum Gasteiger partial charge on any atom is 0.0319 e. The summed E-state index contributed by atoms with van der Waals surface area (Å²) in [6.45, 7) is 5.90. The molecule has 0 radical (unpaired) electrons. The van der Waals surface area contributed by atoms with Gasteiger partial charge in [-0.1, -0.05) is 0 Å². The van der Waals surface area contributed by atoms with E-state index in [1.165, 1.54) is 0 Å². The van der Waals surface area contributed by atoms with Gasteiger partial charge in [0, 0.05) is 12.6 Å². The van der Waals surface area contributed by atoms with E-state index in [9.17, 15) is 0 Å². The van der Waals surface area contributed by atoms with Crippen LogP contribution < -0.4 is 5.73 Å². The SMILES string of the molecule is CC(C)(C)N.CO.O. The average Bonchev–Trinajstić information content (AvgIpc) is 1.36. The smallest absolute Gasteiger partial charge is 0.0319 e. The summed E-state index contributed by atoms with van der Waals surface area (Å²) < 4.78 is 0. The summed E-state index contributed by atoms with van der Waals surface area (Å²) >= 11 is 0. The molecule has 0 heterocycles. The van der Waals surface area contributed by atoms with Gasteiger partial charge >= 0.3 is 0 Å². The molecule has 0 aliphatic rings. The van der Waals surface area contributed by atoms with Crippen LogP contribution in [0, 0.1) is 0 Å². The third-order valence-electron chi connectivity index (χ3n) is 0. The Morgan fingerprint density at radius 2 is 1.12 bits per heavy atom. The van der Waals surface area contributed by atoms with Crippen LogP contribution >= 0.6 is 0 Å². The normalized spacial score (nSPS) is 8.25. The lowest BCUT2D eigenvalue weighted by molar-refractivity contribution is 0.399. The van der Waals surface area contributed by atoms with E-state index in [1.54, 1.807) is 0 Å². The summed E-state index contributed by atoms with van der Waals surface area (Å²) in [5.41, 5.74) is 5.35. The van der Waals surface area contributed by atoms with E-state index in [1.807, 2.05) is 20.8 Å². The molecule has 0 aromatic heterocycles. The Labute approximate surface area is 50.8 Å². The van der Waals surface area contributed by atoms with Crippen LogP contribution in [0.15, 0.2) is 0 Å². The van der Waals surface area contributed by atoms with Crippen molar-refractivity contribution in [1.29, 1.82) is 0 Å². The summed E-state index contributed by atoms with van der Waals surface area (Å²) in [5, 5.41) is 7.00. The zero-order chi connectivity index (χ0) is 6.50. The van der Waals surface area contributed by atoms with Crippen LogP contribution in [0.3, 0.4) is 0 Å². The number of hydrogen-bond donors (Lipinski definition) is 2. The average molecular weight is 123 g/mol. The van der Waals surface area contributed by atoms with Gasteiger partial charge in [0.05, 0.1) is 0 Å². The van der Waals surface area contributed by atoms with Crippen LogP contribution in [0.5, 0.6) is 0 Å². The number of hydrogen-bond acceptors (Lipinski definition) is 2. The zero-order valence-corrected chi connectivity index (χ0v) is 6.02. The number of nitrogens with two attached hydrogens (primary N) is 1. The van der Waals surface area contributed by atoms with Crippen LogP contribution in [0.2, 0.25) is 0 Å². The van der Waals surface area contributed by atoms with E-state index < -0.39 is 0 Å². The summed E-state index contributed by atoms with van der Waals surface area (Å²) in [7, 11) is 1.00. The van der Waals surface area contributed by atoms with Crippen molar-refractivity contribution in [1.82, 2.24) is 0 Å². The van der Waals surface area contributed by atoms with Gasteiger partial charge in [-0.05, 0) is 20.8 Å². The van der Waals surface area contributed by atoms with Gasteiger partial charge in [-0.15, -0.1) is 0 Å². The van der Waals surface area contributed by atoms with Crippen molar-refractivity contribution < 1.29 is 10.6 Å². The summed E-state index contributed by atoms with van der Waals surface area (Å²) in [6, 6.07) is 0. The molecule has 0 aromatic carbocycles. The van der Waals surface area contributed by atoms with Gasteiger partial charge in [-0.3, -0.25) is 0 Å². The Hall–Kier alpha value is -0.120. The van der Waals surface area contributed by atoms with Crippen molar-refractivity contribution in [2.75, 3.05) is 7.11 Å². The molecule has 5 N–H and O–H groups in total. The van der Waals surface area contributed by atoms with Crippen LogP contribution in [0.25, 0.3) is 0 Å². The third-order valence-corrected chi connectivity index (χ3v) is 0. The standard InChI is InChI=1S/C4H11N.CH4O.H2O/c1-4(2,3)5;1-2;/h5H2,1-3H3;2H,1H3;1H2. The largest absolute Gasteiger partial charge is 0.412 e. The topological polar surface area (TPSA) is 77.8 Å². The maximum absolute atomic E-state index is 7.00. The molecular formula is C5H17NO2. The van der Waals surface area contributed by atoms with Gasteiger partial charge in [0.1, 0.15) is 0 Å². The van der Waals surface area contributed by atoms with Crippen molar-refractivity contribution in [3.05, 3.63) is 0 Å². The first-order valence-corrected chi connectivity index (χ1v) is 2.24. The second kappa shape index (κ2) is 6.88. The number of aliphatic hydroxyl groups excluding tert-OH is 1. The van der Waals surface area contributed by atoms with E-state index in [0.717, 1.165) is 7.11 Å². The molecular weight excluding hydrogens is 106 g/mol. The molecule has 0 amide bonds. The van der Waals surface area contributed by atoms with Crippen molar-refractivity contribution in [2.45, 2.75) is 26.3 Å². The molecule has 3 heteroatoms. The lowest BCUT2D eigenvalue weighted by atomic mass is 10.1. The van der Waals surface area contributed by atoms with E-state index in [2.05, 4.69) is 0 Å². The monoisotopic (exact) mass is 123 g/mol. The van der Waals surface area contributed by atoms with Gasteiger partial charge in [0.25, 0.3) is 0 Å². The Morgan fingerprint density at radius 3 is 1.12 bits per heavy atom. The van der Waals surface area contributed by atoms with Gasteiger partial charge in [0.2, 0.25) is 0 Å². The third kappa shape index (κ3) is 9720. The highest BCUT2D eigenvalue weighted by molar-refractivity contribution is 4.60. The Bertz CT molecular complexity index is 25.9. The highest BCUT2D eigenvalue weighted by Crippen LogP contribution is 1.88. The number of rotatable bonds is 0. The minimum absolute atomic E-state index is 0. The summed E-state index contributed by atoms with van der Waals surface area (Å²) in [5.74, 6) is 0. The van der Waals surface area contributed by atoms with Crippen molar-refractivity contribution >= 4 is 0 Å². The van der Waals surface area contributed by atoms with Crippen LogP contribution in [0.1, 0.15) is 20.8 Å². The predicted octanol–water partition coefficient (Wildman–Crippen LogP) is -0.473. The quantitative estimate of drug-likeness (QED) is 0.456. The zero-order valence-electron chi connectivity index (χ0n) is 6.02. The first-order chi connectivity index (χ1) is 3.00. The molecule has 0 saturated heterocycles. The maximum atomic E-state index is 7.00. The number of aliphatic hydroxyl groups is 1. The van der Waals surface area contributed by atoms with Gasteiger partial charge in [-0.25, -0.2) is 0 Å². The summed E-state index contributed by atoms with van der Waals surface area (Å²) in [6.07, 6.45) is 0. The van der Waals surface area contributed by atoms with Crippen LogP contribution in [-0.2, 0) is 0 Å². The fourth-order valence-corrected chi connectivity index (χ4v) is 0. The molecule has 8 heavy (non-hydrogen) atoms. The highest BCUT2D eigenvalue weighted by Gasteiger charge is 1.95. The molecule has 0 spiro atoms. The second-order valence-corrected chi connectivity index (χ2v) is 2.37. The van der Waals surface area contributed by atoms with E-state index in [-0.39, 0.29) is 11.0 Å².